The Morgan fingerprint density at radius 3 is 2.47 bits per heavy atom. The minimum atomic E-state index is -0.175. The maximum absolute atomic E-state index is 13.4. The van der Waals surface area contributed by atoms with Crippen molar-refractivity contribution in [2.45, 2.75) is 71.9 Å². The lowest BCUT2D eigenvalue weighted by atomic mass is 9.96. The molecule has 3 rings (SSSR count). The van der Waals surface area contributed by atoms with Gasteiger partial charge in [0.1, 0.15) is 0 Å². The fraction of sp³-hybridized carbons (Fsp3) is 0.407. The molecule has 1 unspecified atom stereocenters. The van der Waals surface area contributed by atoms with E-state index in [4.69, 9.17) is 4.52 Å². The second-order valence-corrected chi connectivity index (χ2v) is 9.61. The largest absolute Gasteiger partial charge is 0.339 e. The number of hydrogen-bond acceptors (Lipinski definition) is 5. The van der Waals surface area contributed by atoms with E-state index >= 15 is 0 Å². The van der Waals surface area contributed by atoms with Crippen molar-refractivity contribution in [2.75, 3.05) is 5.32 Å². The minimum absolute atomic E-state index is 0.0526. The fourth-order valence-electron chi connectivity index (χ4n) is 3.68. The fourth-order valence-corrected chi connectivity index (χ4v) is 3.68. The molecule has 0 aliphatic heterocycles. The van der Waals surface area contributed by atoms with Crippen molar-refractivity contribution in [3.05, 3.63) is 77.4 Å². The lowest BCUT2D eigenvalue weighted by molar-refractivity contribution is -0.134. The van der Waals surface area contributed by atoms with Crippen LogP contribution in [0.25, 0.3) is 0 Å². The molecule has 180 valence electrons. The third kappa shape index (κ3) is 7.01. The summed E-state index contributed by atoms with van der Waals surface area (Å²) in [5.41, 5.74) is 2.57. The summed E-state index contributed by atoms with van der Waals surface area (Å²) in [5.74, 6) is 1.16. The zero-order valence-corrected chi connectivity index (χ0v) is 20.7. The number of carbonyl (C=O) groups excluding carboxylic acids is 2. The highest BCUT2D eigenvalue weighted by molar-refractivity contribution is 5.88. The van der Waals surface area contributed by atoms with E-state index in [1.165, 1.54) is 6.92 Å². The molecule has 0 spiro atoms. The first kappa shape index (κ1) is 25.1. The number of benzene rings is 2. The first-order valence-electron chi connectivity index (χ1n) is 11.7. The van der Waals surface area contributed by atoms with Crippen LogP contribution in [0.5, 0.6) is 0 Å². The summed E-state index contributed by atoms with van der Waals surface area (Å²) in [7, 11) is 0. The van der Waals surface area contributed by atoms with E-state index in [0.717, 1.165) is 16.8 Å². The smallest absolute Gasteiger partial charge is 0.226 e. The summed E-state index contributed by atoms with van der Waals surface area (Å²) in [6.07, 6.45) is 1.55. The third-order valence-corrected chi connectivity index (χ3v) is 5.59. The average molecular weight is 463 g/mol. The van der Waals surface area contributed by atoms with Gasteiger partial charge in [-0.3, -0.25) is 9.59 Å². The lowest BCUT2D eigenvalue weighted by Crippen LogP contribution is -2.33. The SMILES string of the molecule is CC(=O)Nc1cccc(C(C)N(Cc2ccccc2)C(=O)CCCc2nc(C(C)(C)C)no2)c1. The van der Waals surface area contributed by atoms with Gasteiger partial charge in [-0.25, -0.2) is 0 Å². The van der Waals surface area contributed by atoms with E-state index in [1.54, 1.807) is 0 Å². The van der Waals surface area contributed by atoms with E-state index in [2.05, 4.69) is 15.5 Å². The van der Waals surface area contributed by atoms with Crippen LogP contribution >= 0.6 is 0 Å². The Hall–Kier alpha value is -3.48. The van der Waals surface area contributed by atoms with Gasteiger partial charge in [-0.15, -0.1) is 0 Å². The zero-order chi connectivity index (χ0) is 24.7. The Balaban J connectivity index is 1.72. The number of amides is 2. The normalized spacial score (nSPS) is 12.3. The van der Waals surface area contributed by atoms with Crippen molar-refractivity contribution >= 4 is 17.5 Å². The van der Waals surface area contributed by atoms with Gasteiger partial charge in [0.15, 0.2) is 5.82 Å². The topological polar surface area (TPSA) is 88.3 Å². The van der Waals surface area contributed by atoms with E-state index in [0.29, 0.717) is 37.5 Å². The second-order valence-electron chi connectivity index (χ2n) is 9.61. The van der Waals surface area contributed by atoms with Crippen molar-refractivity contribution in [3.8, 4) is 0 Å². The van der Waals surface area contributed by atoms with Gasteiger partial charge >= 0.3 is 0 Å². The number of rotatable bonds is 9. The Morgan fingerprint density at radius 1 is 1.09 bits per heavy atom. The molecule has 1 atom stereocenters. The highest BCUT2D eigenvalue weighted by atomic mass is 16.5. The molecule has 2 aromatic carbocycles. The standard InChI is InChI=1S/C27H34N4O3/c1-19(22-13-9-14-23(17-22)28-20(2)32)31(18-21-11-7-6-8-12-21)25(33)16-10-15-24-29-26(30-34-24)27(3,4)5/h6-9,11-14,17,19H,10,15-16,18H2,1-5H3,(H,28,32). The molecule has 1 heterocycles. The minimum Gasteiger partial charge on any atom is -0.339 e. The summed E-state index contributed by atoms with van der Waals surface area (Å²) < 4.78 is 5.37. The van der Waals surface area contributed by atoms with Gasteiger partial charge in [-0.1, -0.05) is 68.4 Å². The third-order valence-electron chi connectivity index (χ3n) is 5.59. The Kier molecular flexibility index (Phi) is 8.21. The molecular weight excluding hydrogens is 428 g/mol. The Morgan fingerprint density at radius 2 is 1.82 bits per heavy atom. The average Bonchev–Trinajstić information content (AvgIpc) is 3.27. The van der Waals surface area contributed by atoms with Crippen molar-refractivity contribution in [2.24, 2.45) is 0 Å². The maximum Gasteiger partial charge on any atom is 0.226 e. The number of nitrogens with one attached hydrogen (secondary N) is 1. The molecule has 34 heavy (non-hydrogen) atoms. The summed E-state index contributed by atoms with van der Waals surface area (Å²) in [4.78, 5) is 31.2. The van der Waals surface area contributed by atoms with Crippen LogP contribution < -0.4 is 5.32 Å². The van der Waals surface area contributed by atoms with Crippen LogP contribution in [-0.2, 0) is 28.0 Å². The van der Waals surface area contributed by atoms with Crippen molar-refractivity contribution in [1.29, 1.82) is 0 Å². The van der Waals surface area contributed by atoms with E-state index < -0.39 is 0 Å². The lowest BCUT2D eigenvalue weighted by Gasteiger charge is -2.30. The predicted molar refractivity (Wildman–Crippen MR) is 132 cm³/mol. The summed E-state index contributed by atoms with van der Waals surface area (Å²) in [6.45, 7) is 10.1. The molecule has 0 fully saturated rings. The zero-order valence-electron chi connectivity index (χ0n) is 20.7. The van der Waals surface area contributed by atoms with Gasteiger partial charge in [0.2, 0.25) is 17.7 Å². The molecule has 0 aliphatic rings. The van der Waals surface area contributed by atoms with E-state index in [1.807, 2.05) is 87.2 Å². The highest BCUT2D eigenvalue weighted by Gasteiger charge is 2.23. The van der Waals surface area contributed by atoms with Crippen molar-refractivity contribution in [3.63, 3.8) is 0 Å². The second kappa shape index (κ2) is 11.1. The monoisotopic (exact) mass is 462 g/mol. The summed E-state index contributed by atoms with van der Waals surface area (Å²) in [6, 6.07) is 17.4. The number of carbonyl (C=O) groups is 2. The molecule has 0 saturated heterocycles. The van der Waals surface area contributed by atoms with Crippen LogP contribution in [-0.4, -0.2) is 26.9 Å². The van der Waals surface area contributed by atoms with Crippen LogP contribution in [0.4, 0.5) is 5.69 Å². The van der Waals surface area contributed by atoms with Gasteiger partial charge in [-0.05, 0) is 36.6 Å². The molecule has 0 saturated carbocycles. The van der Waals surface area contributed by atoms with E-state index in [9.17, 15) is 9.59 Å². The molecule has 1 aromatic heterocycles. The maximum atomic E-state index is 13.4. The van der Waals surface area contributed by atoms with E-state index in [-0.39, 0.29) is 23.3 Å². The van der Waals surface area contributed by atoms with Gasteiger partial charge < -0.3 is 14.7 Å². The number of hydrogen-bond donors (Lipinski definition) is 1. The van der Waals surface area contributed by atoms with Crippen LogP contribution in [0.2, 0.25) is 0 Å². The quantitative estimate of drug-likeness (QED) is 0.457. The number of nitrogens with zero attached hydrogens (tertiary/aromatic N) is 3. The molecule has 7 nitrogen and oxygen atoms in total. The molecule has 0 aliphatic carbocycles. The first-order valence-corrected chi connectivity index (χ1v) is 11.7. The Labute approximate surface area is 201 Å². The highest BCUT2D eigenvalue weighted by Crippen LogP contribution is 2.26. The van der Waals surface area contributed by atoms with Gasteiger partial charge in [0.05, 0.1) is 6.04 Å². The van der Waals surface area contributed by atoms with Gasteiger partial charge in [-0.2, -0.15) is 4.98 Å². The van der Waals surface area contributed by atoms with Gasteiger partial charge in [0.25, 0.3) is 0 Å². The van der Waals surface area contributed by atoms with Crippen LogP contribution in [0, 0.1) is 0 Å². The summed E-state index contributed by atoms with van der Waals surface area (Å²) in [5, 5.41) is 6.88. The first-order chi connectivity index (χ1) is 16.1. The molecule has 0 bridgehead atoms. The van der Waals surface area contributed by atoms with Crippen molar-refractivity contribution in [1.82, 2.24) is 15.0 Å². The molecule has 2 amide bonds. The van der Waals surface area contributed by atoms with Crippen LogP contribution in [0.15, 0.2) is 59.1 Å². The molecule has 7 heteroatoms. The Bertz CT molecular complexity index is 1100. The van der Waals surface area contributed by atoms with Crippen molar-refractivity contribution < 1.29 is 14.1 Å². The molecule has 0 radical (unpaired) electrons. The predicted octanol–water partition coefficient (Wildman–Crippen LogP) is 5.44. The van der Waals surface area contributed by atoms with Crippen LogP contribution in [0.1, 0.15) is 76.3 Å². The number of anilines is 1. The molecule has 3 aromatic rings. The van der Waals surface area contributed by atoms with Crippen LogP contribution in [0.3, 0.4) is 0 Å². The van der Waals surface area contributed by atoms with Gasteiger partial charge in [0, 0.05) is 37.4 Å². The summed E-state index contributed by atoms with van der Waals surface area (Å²) >= 11 is 0. The number of aryl methyl sites for hydroxylation is 1. The molecule has 1 N–H and O–H groups in total. The number of aromatic nitrogens is 2. The molecular formula is C27H34N4O3.